The van der Waals surface area contributed by atoms with Gasteiger partial charge < -0.3 is 4.74 Å². The van der Waals surface area contributed by atoms with Gasteiger partial charge in [0.2, 0.25) is 5.82 Å². The average Bonchev–Trinajstić information content (AvgIpc) is 2.74. The first-order valence-corrected chi connectivity index (χ1v) is 10.1. The van der Waals surface area contributed by atoms with Crippen molar-refractivity contribution < 1.29 is 13.5 Å². The molecule has 1 saturated carbocycles. The Morgan fingerprint density at radius 2 is 1.71 bits per heavy atom. The molecule has 1 aliphatic rings. The first kappa shape index (κ1) is 20.3. The van der Waals surface area contributed by atoms with E-state index in [2.05, 4.69) is 18.7 Å². The largest absolute Gasteiger partial charge is 0.462 e. The van der Waals surface area contributed by atoms with Gasteiger partial charge >= 0.3 is 0 Å². The minimum absolute atomic E-state index is 0.107. The number of halogens is 2. The Labute approximate surface area is 166 Å². The van der Waals surface area contributed by atoms with Crippen LogP contribution in [0.2, 0.25) is 0 Å². The van der Waals surface area contributed by atoms with Crippen LogP contribution in [0, 0.1) is 17.6 Å². The van der Waals surface area contributed by atoms with E-state index in [-0.39, 0.29) is 11.3 Å². The molecule has 2 aromatic carbocycles. The second-order valence-electron chi connectivity index (χ2n) is 7.53. The second-order valence-corrected chi connectivity index (χ2v) is 7.53. The van der Waals surface area contributed by atoms with E-state index in [1.54, 1.807) is 19.1 Å². The molecule has 0 heterocycles. The highest BCUT2D eigenvalue weighted by Crippen LogP contribution is 2.38. The van der Waals surface area contributed by atoms with Crippen molar-refractivity contribution in [2.24, 2.45) is 5.92 Å². The Kier molecular flexibility index (Phi) is 7.02. The fraction of sp³-hybridized carbons (Fsp3) is 0.360. The van der Waals surface area contributed by atoms with Crippen LogP contribution in [0.4, 0.5) is 8.78 Å². The number of ether oxygens (including phenoxy) is 1. The number of rotatable bonds is 7. The van der Waals surface area contributed by atoms with Crippen molar-refractivity contribution in [2.45, 2.75) is 51.4 Å². The lowest BCUT2D eigenvalue weighted by Crippen LogP contribution is -2.13. The molecular formula is C25H28F2O. The predicted molar refractivity (Wildman–Crippen MR) is 111 cm³/mol. The van der Waals surface area contributed by atoms with E-state index in [9.17, 15) is 8.78 Å². The zero-order valence-electron chi connectivity index (χ0n) is 16.5. The Balaban J connectivity index is 1.70. The summed E-state index contributed by atoms with van der Waals surface area (Å²) in [5.41, 5.74) is 2.22. The smallest absolute Gasteiger partial charge is 0.201 e. The quantitative estimate of drug-likeness (QED) is 0.351. The second kappa shape index (κ2) is 9.68. The Hall–Kier alpha value is -2.42. The number of allylic oxidation sites excluding steroid dienone is 2. The lowest BCUT2D eigenvalue weighted by molar-refractivity contribution is 0.312. The van der Waals surface area contributed by atoms with Gasteiger partial charge in [0.15, 0.2) is 11.6 Å². The molecule has 0 unspecified atom stereocenters. The van der Waals surface area contributed by atoms with Gasteiger partial charge in [-0.05, 0) is 80.5 Å². The van der Waals surface area contributed by atoms with Crippen LogP contribution >= 0.6 is 0 Å². The fourth-order valence-electron chi connectivity index (χ4n) is 4.06. The summed E-state index contributed by atoms with van der Waals surface area (Å²) in [6.07, 6.45) is 12.2. The van der Waals surface area contributed by atoms with E-state index >= 15 is 0 Å². The maximum atomic E-state index is 14.5. The van der Waals surface area contributed by atoms with Gasteiger partial charge in [-0.1, -0.05) is 36.4 Å². The number of hydrogen-bond acceptors (Lipinski definition) is 1. The van der Waals surface area contributed by atoms with Crippen LogP contribution in [-0.4, -0.2) is 0 Å². The topological polar surface area (TPSA) is 9.23 Å². The summed E-state index contributed by atoms with van der Waals surface area (Å²) in [5.74, 6) is -0.569. The summed E-state index contributed by atoms with van der Waals surface area (Å²) in [5, 5.41) is 0. The first-order valence-electron chi connectivity index (χ1n) is 10.1. The summed E-state index contributed by atoms with van der Waals surface area (Å²) in [6, 6.07) is 10.9. The third-order valence-corrected chi connectivity index (χ3v) is 5.70. The molecule has 0 aromatic heterocycles. The molecule has 0 N–H and O–H groups in total. The molecule has 1 aliphatic carbocycles. The van der Waals surface area contributed by atoms with E-state index < -0.39 is 11.6 Å². The van der Waals surface area contributed by atoms with Gasteiger partial charge in [-0.15, -0.1) is 6.58 Å². The Bertz CT molecular complexity index is 815. The van der Waals surface area contributed by atoms with Crippen molar-refractivity contribution in [2.75, 3.05) is 0 Å². The SMILES string of the molecule is C=CCCC1CCC(c2ccc(-c3ccc(OC=CC)c(F)c3F)cc2)CC1. The Morgan fingerprint density at radius 1 is 1.00 bits per heavy atom. The van der Waals surface area contributed by atoms with Crippen LogP contribution in [0.1, 0.15) is 56.9 Å². The summed E-state index contributed by atoms with van der Waals surface area (Å²) in [6.45, 7) is 5.56. The molecule has 2 aromatic rings. The molecule has 0 radical (unpaired) electrons. The number of benzene rings is 2. The summed E-state index contributed by atoms with van der Waals surface area (Å²) < 4.78 is 33.8. The summed E-state index contributed by atoms with van der Waals surface area (Å²) in [7, 11) is 0. The average molecular weight is 382 g/mol. The lowest BCUT2D eigenvalue weighted by Gasteiger charge is -2.28. The van der Waals surface area contributed by atoms with Crippen LogP contribution in [0.25, 0.3) is 11.1 Å². The fourth-order valence-corrected chi connectivity index (χ4v) is 4.06. The monoisotopic (exact) mass is 382 g/mol. The molecule has 3 heteroatoms. The van der Waals surface area contributed by atoms with Crippen molar-refractivity contribution in [1.29, 1.82) is 0 Å². The molecule has 148 valence electrons. The lowest BCUT2D eigenvalue weighted by atomic mass is 9.77. The zero-order chi connectivity index (χ0) is 19.9. The van der Waals surface area contributed by atoms with Crippen molar-refractivity contribution in [3.8, 4) is 16.9 Å². The standard InChI is InChI=1S/C25H28F2O/c1-3-5-6-18-7-9-19(10-8-18)20-11-13-21(14-12-20)22-15-16-23(28-17-4-2)25(27)24(22)26/h3-4,11-19H,1,5-10H2,2H3. The molecule has 28 heavy (non-hydrogen) atoms. The van der Waals surface area contributed by atoms with Crippen LogP contribution in [0.3, 0.4) is 0 Å². The zero-order valence-corrected chi connectivity index (χ0v) is 16.5. The van der Waals surface area contributed by atoms with E-state index in [1.165, 1.54) is 50.0 Å². The summed E-state index contributed by atoms with van der Waals surface area (Å²) in [4.78, 5) is 0. The highest BCUT2D eigenvalue weighted by Gasteiger charge is 2.22. The molecule has 0 bridgehead atoms. The van der Waals surface area contributed by atoms with Crippen molar-refractivity contribution in [1.82, 2.24) is 0 Å². The molecule has 0 aliphatic heterocycles. The summed E-state index contributed by atoms with van der Waals surface area (Å²) >= 11 is 0. The molecule has 1 fully saturated rings. The third-order valence-electron chi connectivity index (χ3n) is 5.70. The maximum Gasteiger partial charge on any atom is 0.201 e. The van der Waals surface area contributed by atoms with Gasteiger partial charge in [0.1, 0.15) is 0 Å². The molecule has 0 spiro atoms. The van der Waals surface area contributed by atoms with Gasteiger partial charge in [-0.2, -0.15) is 4.39 Å². The van der Waals surface area contributed by atoms with E-state index in [0.717, 1.165) is 12.3 Å². The van der Waals surface area contributed by atoms with Crippen LogP contribution in [0.15, 0.2) is 61.4 Å². The van der Waals surface area contributed by atoms with Gasteiger partial charge in [0.25, 0.3) is 0 Å². The molecule has 3 rings (SSSR count). The van der Waals surface area contributed by atoms with Crippen molar-refractivity contribution >= 4 is 0 Å². The minimum Gasteiger partial charge on any atom is -0.462 e. The minimum atomic E-state index is -0.961. The first-order chi connectivity index (χ1) is 13.6. The van der Waals surface area contributed by atoms with E-state index in [1.807, 2.05) is 18.2 Å². The molecule has 1 nitrogen and oxygen atoms in total. The Morgan fingerprint density at radius 3 is 2.36 bits per heavy atom. The van der Waals surface area contributed by atoms with E-state index in [4.69, 9.17) is 4.74 Å². The molecule has 0 amide bonds. The highest BCUT2D eigenvalue weighted by molar-refractivity contribution is 5.65. The predicted octanol–water partition coefficient (Wildman–Crippen LogP) is 7.78. The van der Waals surface area contributed by atoms with Gasteiger partial charge in [-0.25, -0.2) is 4.39 Å². The van der Waals surface area contributed by atoms with Crippen LogP contribution in [-0.2, 0) is 0 Å². The van der Waals surface area contributed by atoms with Gasteiger partial charge in [-0.3, -0.25) is 0 Å². The maximum absolute atomic E-state index is 14.5. The van der Waals surface area contributed by atoms with Crippen LogP contribution in [0.5, 0.6) is 5.75 Å². The van der Waals surface area contributed by atoms with Crippen LogP contribution < -0.4 is 4.74 Å². The molecular weight excluding hydrogens is 354 g/mol. The third kappa shape index (κ3) is 4.70. The normalized spacial score (nSPS) is 19.7. The van der Waals surface area contributed by atoms with Gasteiger partial charge in [0, 0.05) is 5.56 Å². The number of hydrogen-bond donors (Lipinski definition) is 0. The highest BCUT2D eigenvalue weighted by atomic mass is 19.2. The van der Waals surface area contributed by atoms with Gasteiger partial charge in [0.05, 0.1) is 6.26 Å². The molecule has 0 saturated heterocycles. The van der Waals surface area contributed by atoms with Crippen molar-refractivity contribution in [3.63, 3.8) is 0 Å². The molecule has 0 atom stereocenters. The van der Waals surface area contributed by atoms with E-state index in [0.29, 0.717) is 11.5 Å². The van der Waals surface area contributed by atoms with Crippen molar-refractivity contribution in [3.05, 3.63) is 78.6 Å².